The zero-order valence-corrected chi connectivity index (χ0v) is 11.6. The Balaban J connectivity index is 0.00000144. The molecule has 0 amide bonds. The van der Waals surface area contributed by atoms with Gasteiger partial charge in [0.05, 0.1) is 13.3 Å². The molecule has 1 unspecified atom stereocenters. The Labute approximate surface area is 114 Å². The Bertz CT molecular complexity index is 323. The lowest BCUT2D eigenvalue weighted by molar-refractivity contribution is 0.110. The van der Waals surface area contributed by atoms with Crippen molar-refractivity contribution in [2.24, 2.45) is 0 Å². The first kappa shape index (κ1) is 14.8. The minimum Gasteiger partial charge on any atom is -0.365 e. The van der Waals surface area contributed by atoms with Crippen molar-refractivity contribution in [1.82, 2.24) is 4.90 Å². The third-order valence-electron chi connectivity index (χ3n) is 3.04. The maximum absolute atomic E-state index is 5.91. The molecular formula is C13H19Cl2NO. The molecular weight excluding hydrogens is 257 g/mol. The molecule has 1 aliphatic rings. The standard InChI is InChI=1S/C13H18ClNO.ClH/c1-2-3-13(15-8-9-16-10-15)11-4-6-12(14)7-5-11;/h4-7,13H,2-3,8-10H2,1H3;1H. The molecule has 1 aromatic carbocycles. The first-order valence-electron chi connectivity index (χ1n) is 5.88. The summed E-state index contributed by atoms with van der Waals surface area (Å²) in [5.41, 5.74) is 1.34. The molecule has 96 valence electrons. The van der Waals surface area contributed by atoms with Crippen molar-refractivity contribution in [2.45, 2.75) is 25.8 Å². The minimum atomic E-state index is 0. The summed E-state index contributed by atoms with van der Waals surface area (Å²) in [5, 5.41) is 0.802. The summed E-state index contributed by atoms with van der Waals surface area (Å²) >= 11 is 5.91. The van der Waals surface area contributed by atoms with Crippen LogP contribution in [0.1, 0.15) is 31.4 Å². The quantitative estimate of drug-likeness (QED) is 0.827. The van der Waals surface area contributed by atoms with E-state index in [0.717, 1.165) is 24.9 Å². The van der Waals surface area contributed by atoms with Crippen LogP contribution in [0.5, 0.6) is 0 Å². The zero-order valence-electron chi connectivity index (χ0n) is 10.1. The molecule has 0 radical (unpaired) electrons. The first-order chi connectivity index (χ1) is 7.81. The first-order valence-corrected chi connectivity index (χ1v) is 6.26. The van der Waals surface area contributed by atoms with Gasteiger partial charge in [0.25, 0.3) is 0 Å². The van der Waals surface area contributed by atoms with Gasteiger partial charge in [-0.1, -0.05) is 37.1 Å². The van der Waals surface area contributed by atoms with Crippen LogP contribution in [0.4, 0.5) is 0 Å². The largest absolute Gasteiger partial charge is 0.365 e. The fourth-order valence-electron chi connectivity index (χ4n) is 2.19. The predicted molar refractivity (Wildman–Crippen MR) is 73.9 cm³/mol. The molecule has 1 atom stereocenters. The summed E-state index contributed by atoms with van der Waals surface area (Å²) in [6, 6.07) is 8.67. The molecule has 2 rings (SSSR count). The summed E-state index contributed by atoms with van der Waals surface area (Å²) in [7, 11) is 0. The molecule has 0 aromatic heterocycles. The predicted octanol–water partition coefficient (Wildman–Crippen LogP) is 3.89. The molecule has 0 aliphatic carbocycles. The fourth-order valence-corrected chi connectivity index (χ4v) is 2.32. The van der Waals surface area contributed by atoms with Gasteiger partial charge in [0.1, 0.15) is 0 Å². The van der Waals surface area contributed by atoms with Gasteiger partial charge in [-0.05, 0) is 24.1 Å². The van der Waals surface area contributed by atoms with E-state index in [9.17, 15) is 0 Å². The monoisotopic (exact) mass is 275 g/mol. The van der Waals surface area contributed by atoms with E-state index in [2.05, 4.69) is 24.0 Å². The van der Waals surface area contributed by atoms with Crippen molar-refractivity contribution < 1.29 is 4.74 Å². The molecule has 0 saturated carbocycles. The third kappa shape index (κ3) is 3.85. The van der Waals surface area contributed by atoms with Gasteiger partial charge in [0.15, 0.2) is 0 Å². The lowest BCUT2D eigenvalue weighted by Crippen LogP contribution is -2.26. The summed E-state index contributed by atoms with van der Waals surface area (Å²) in [5.74, 6) is 0. The highest BCUT2D eigenvalue weighted by molar-refractivity contribution is 6.30. The molecule has 4 heteroatoms. The van der Waals surface area contributed by atoms with Crippen molar-refractivity contribution >= 4 is 24.0 Å². The van der Waals surface area contributed by atoms with E-state index in [4.69, 9.17) is 16.3 Å². The van der Waals surface area contributed by atoms with Crippen molar-refractivity contribution in [1.29, 1.82) is 0 Å². The molecule has 17 heavy (non-hydrogen) atoms. The third-order valence-corrected chi connectivity index (χ3v) is 3.29. The topological polar surface area (TPSA) is 12.5 Å². The Morgan fingerprint density at radius 3 is 2.59 bits per heavy atom. The van der Waals surface area contributed by atoms with E-state index in [-0.39, 0.29) is 12.4 Å². The Morgan fingerprint density at radius 1 is 1.35 bits per heavy atom. The van der Waals surface area contributed by atoms with Crippen LogP contribution in [0.15, 0.2) is 24.3 Å². The van der Waals surface area contributed by atoms with Crippen molar-refractivity contribution in [3.05, 3.63) is 34.9 Å². The van der Waals surface area contributed by atoms with Crippen molar-refractivity contribution in [3.8, 4) is 0 Å². The van der Waals surface area contributed by atoms with Gasteiger partial charge in [0, 0.05) is 17.6 Å². The zero-order chi connectivity index (χ0) is 11.4. The van der Waals surface area contributed by atoms with Crippen LogP contribution in [-0.2, 0) is 4.74 Å². The van der Waals surface area contributed by atoms with E-state index in [1.54, 1.807) is 0 Å². The highest BCUT2D eigenvalue weighted by Gasteiger charge is 2.22. The molecule has 1 aromatic rings. The van der Waals surface area contributed by atoms with Crippen LogP contribution in [-0.4, -0.2) is 24.8 Å². The van der Waals surface area contributed by atoms with E-state index in [1.807, 2.05) is 12.1 Å². The van der Waals surface area contributed by atoms with E-state index in [0.29, 0.717) is 6.04 Å². The highest BCUT2D eigenvalue weighted by Crippen LogP contribution is 2.28. The normalized spacial score (nSPS) is 17.8. The number of ether oxygens (including phenoxy) is 1. The van der Waals surface area contributed by atoms with E-state index < -0.39 is 0 Å². The number of hydrogen-bond donors (Lipinski definition) is 0. The van der Waals surface area contributed by atoms with Gasteiger partial charge in [-0.2, -0.15) is 0 Å². The second-order valence-electron chi connectivity index (χ2n) is 4.21. The summed E-state index contributed by atoms with van der Waals surface area (Å²) < 4.78 is 5.43. The van der Waals surface area contributed by atoms with Crippen LogP contribution in [0, 0.1) is 0 Å². The summed E-state index contributed by atoms with van der Waals surface area (Å²) in [6.07, 6.45) is 2.36. The smallest absolute Gasteiger partial charge is 0.0996 e. The van der Waals surface area contributed by atoms with Crippen molar-refractivity contribution in [2.75, 3.05) is 19.9 Å². The van der Waals surface area contributed by atoms with Gasteiger partial charge in [-0.25, -0.2) is 0 Å². The molecule has 1 aliphatic heterocycles. The molecule has 1 heterocycles. The maximum atomic E-state index is 5.91. The lowest BCUT2D eigenvalue weighted by atomic mass is 10.0. The fraction of sp³-hybridized carbons (Fsp3) is 0.538. The molecule has 1 saturated heterocycles. The second kappa shape index (κ2) is 7.22. The van der Waals surface area contributed by atoms with E-state index >= 15 is 0 Å². The highest BCUT2D eigenvalue weighted by atomic mass is 35.5. The number of hydrogen-bond acceptors (Lipinski definition) is 2. The van der Waals surface area contributed by atoms with Gasteiger partial charge in [-0.15, -0.1) is 12.4 Å². The summed E-state index contributed by atoms with van der Waals surface area (Å²) in [6.45, 7) is 4.87. The average molecular weight is 276 g/mol. The summed E-state index contributed by atoms with van der Waals surface area (Å²) in [4.78, 5) is 2.40. The molecule has 0 spiro atoms. The van der Waals surface area contributed by atoms with Crippen LogP contribution in [0.2, 0.25) is 5.02 Å². The van der Waals surface area contributed by atoms with Crippen LogP contribution >= 0.6 is 24.0 Å². The Kier molecular flexibility index (Phi) is 6.28. The molecule has 2 nitrogen and oxygen atoms in total. The van der Waals surface area contributed by atoms with Gasteiger partial charge < -0.3 is 4.74 Å². The Morgan fingerprint density at radius 2 is 2.06 bits per heavy atom. The molecule has 0 N–H and O–H groups in total. The van der Waals surface area contributed by atoms with Gasteiger partial charge in [-0.3, -0.25) is 4.90 Å². The number of nitrogens with zero attached hydrogens (tertiary/aromatic N) is 1. The van der Waals surface area contributed by atoms with Gasteiger partial charge in [0.2, 0.25) is 0 Å². The lowest BCUT2D eigenvalue weighted by Gasteiger charge is -2.26. The van der Waals surface area contributed by atoms with E-state index in [1.165, 1.54) is 18.4 Å². The van der Waals surface area contributed by atoms with Gasteiger partial charge >= 0.3 is 0 Å². The second-order valence-corrected chi connectivity index (χ2v) is 4.64. The number of halogens is 2. The number of rotatable bonds is 4. The number of benzene rings is 1. The SMILES string of the molecule is CCCC(c1ccc(Cl)cc1)N1CCOC1.Cl. The maximum Gasteiger partial charge on any atom is 0.0996 e. The van der Waals surface area contributed by atoms with Crippen LogP contribution < -0.4 is 0 Å². The average Bonchev–Trinajstić information content (AvgIpc) is 2.81. The van der Waals surface area contributed by atoms with Crippen LogP contribution in [0.3, 0.4) is 0 Å². The van der Waals surface area contributed by atoms with Crippen molar-refractivity contribution in [3.63, 3.8) is 0 Å². The minimum absolute atomic E-state index is 0. The molecule has 1 fully saturated rings. The van der Waals surface area contributed by atoms with Crippen LogP contribution in [0.25, 0.3) is 0 Å². The molecule has 0 bridgehead atoms. The Hall–Kier alpha value is -0.280.